The van der Waals surface area contributed by atoms with E-state index < -0.39 is 0 Å². The molecule has 0 saturated carbocycles. The fraction of sp³-hybridized carbons (Fsp3) is 0.357. The Hall–Kier alpha value is -2.59. The van der Waals surface area contributed by atoms with Crippen molar-refractivity contribution < 1.29 is 9.47 Å². The molecule has 0 bridgehead atoms. The minimum absolute atomic E-state index is 0.679. The Kier molecular flexibility index (Phi) is 9.36. The van der Waals surface area contributed by atoms with Gasteiger partial charge in [-0.1, -0.05) is 56.7 Å². The first-order valence-electron chi connectivity index (χ1n) is 11.6. The Morgan fingerprint density at radius 2 is 1.47 bits per heavy atom. The van der Waals surface area contributed by atoms with Crippen LogP contribution >= 0.6 is 11.8 Å². The van der Waals surface area contributed by atoms with Crippen LogP contribution in [0.1, 0.15) is 50.3 Å². The molecule has 0 radical (unpaired) electrons. The lowest BCUT2D eigenvalue weighted by molar-refractivity contribution is 0.331. The number of anilines is 1. The summed E-state index contributed by atoms with van der Waals surface area (Å²) in [5, 5.41) is 3.49. The molecule has 0 spiro atoms. The largest absolute Gasteiger partial charge is 0.496 e. The van der Waals surface area contributed by atoms with E-state index in [1.165, 1.54) is 20.9 Å². The average molecular weight is 450 g/mol. The van der Waals surface area contributed by atoms with Crippen molar-refractivity contribution in [1.29, 1.82) is 0 Å². The summed E-state index contributed by atoms with van der Waals surface area (Å²) in [6, 6.07) is 21.3. The molecular weight excluding hydrogens is 414 g/mol. The van der Waals surface area contributed by atoms with Crippen LogP contribution in [0.15, 0.2) is 70.5 Å². The Labute approximate surface area is 197 Å². The number of aryl methyl sites for hydroxylation is 2. The summed E-state index contributed by atoms with van der Waals surface area (Å²) in [6.45, 7) is 7.94. The van der Waals surface area contributed by atoms with Gasteiger partial charge in [0.25, 0.3) is 0 Å². The summed E-state index contributed by atoms with van der Waals surface area (Å²) in [6.07, 6.45) is 4.52. The van der Waals surface area contributed by atoms with Gasteiger partial charge in [0.1, 0.15) is 11.5 Å². The van der Waals surface area contributed by atoms with Crippen LogP contribution in [0.3, 0.4) is 0 Å². The fourth-order valence-electron chi connectivity index (χ4n) is 3.81. The normalized spacial score (nSPS) is 10.8. The van der Waals surface area contributed by atoms with Crippen LogP contribution in [0, 0.1) is 0 Å². The highest BCUT2D eigenvalue weighted by molar-refractivity contribution is 7.99. The van der Waals surface area contributed by atoms with Crippen LogP contribution in [-0.2, 0) is 19.4 Å². The van der Waals surface area contributed by atoms with Crippen molar-refractivity contribution in [2.75, 3.05) is 19.0 Å². The van der Waals surface area contributed by atoms with Crippen molar-refractivity contribution in [2.45, 2.75) is 62.8 Å². The minimum atomic E-state index is 0.679. The topological polar surface area (TPSA) is 30.5 Å². The van der Waals surface area contributed by atoms with Crippen molar-refractivity contribution in [1.82, 2.24) is 0 Å². The Bertz CT molecular complexity index is 985. The Morgan fingerprint density at radius 3 is 2.12 bits per heavy atom. The molecule has 0 heterocycles. The molecule has 0 amide bonds. The predicted octanol–water partition coefficient (Wildman–Crippen LogP) is 7.76. The van der Waals surface area contributed by atoms with E-state index in [0.717, 1.165) is 55.0 Å². The van der Waals surface area contributed by atoms with E-state index >= 15 is 0 Å². The monoisotopic (exact) mass is 449 g/mol. The molecule has 170 valence electrons. The number of ether oxygens (including phenoxy) is 2. The van der Waals surface area contributed by atoms with E-state index in [1.54, 1.807) is 18.9 Å². The van der Waals surface area contributed by atoms with Crippen LogP contribution < -0.4 is 14.8 Å². The zero-order valence-corrected chi connectivity index (χ0v) is 20.6. The van der Waals surface area contributed by atoms with Gasteiger partial charge in [-0.2, -0.15) is 0 Å². The van der Waals surface area contributed by atoms with Crippen LogP contribution in [0.4, 0.5) is 5.69 Å². The lowest BCUT2D eigenvalue weighted by Gasteiger charge is -2.16. The first-order chi connectivity index (χ1) is 15.7. The van der Waals surface area contributed by atoms with Gasteiger partial charge in [-0.15, -0.1) is 0 Å². The van der Waals surface area contributed by atoms with Crippen molar-refractivity contribution in [3.8, 4) is 11.5 Å². The molecule has 0 aliphatic carbocycles. The predicted molar refractivity (Wildman–Crippen MR) is 136 cm³/mol. The second-order valence-electron chi connectivity index (χ2n) is 7.79. The highest BCUT2D eigenvalue weighted by Crippen LogP contribution is 2.38. The summed E-state index contributed by atoms with van der Waals surface area (Å²) in [4.78, 5) is 2.41. The second-order valence-corrected chi connectivity index (χ2v) is 8.91. The highest BCUT2D eigenvalue weighted by Gasteiger charge is 2.12. The van der Waals surface area contributed by atoms with Crippen LogP contribution in [-0.4, -0.2) is 13.7 Å². The molecule has 0 fully saturated rings. The summed E-state index contributed by atoms with van der Waals surface area (Å²) < 4.78 is 11.5. The van der Waals surface area contributed by atoms with Crippen LogP contribution in [0.5, 0.6) is 11.5 Å². The quantitative estimate of drug-likeness (QED) is 0.306. The maximum absolute atomic E-state index is 6.02. The van der Waals surface area contributed by atoms with Gasteiger partial charge in [0.15, 0.2) is 0 Å². The molecular formula is C28H35NO2S. The first kappa shape index (κ1) is 24.1. The van der Waals surface area contributed by atoms with Gasteiger partial charge in [-0.05, 0) is 73.4 Å². The molecule has 1 N–H and O–H groups in total. The number of hydrogen-bond acceptors (Lipinski definition) is 4. The molecule has 3 nitrogen and oxygen atoms in total. The van der Waals surface area contributed by atoms with Gasteiger partial charge in [0.05, 0.1) is 18.6 Å². The molecule has 0 saturated heterocycles. The molecule has 0 atom stereocenters. The summed E-state index contributed by atoms with van der Waals surface area (Å²) in [5.74, 6) is 1.91. The molecule has 3 rings (SSSR count). The maximum Gasteiger partial charge on any atom is 0.133 e. The molecule has 32 heavy (non-hydrogen) atoms. The van der Waals surface area contributed by atoms with Crippen molar-refractivity contribution in [2.24, 2.45) is 0 Å². The summed E-state index contributed by atoms with van der Waals surface area (Å²) in [5.41, 5.74) is 5.12. The minimum Gasteiger partial charge on any atom is -0.496 e. The zero-order chi connectivity index (χ0) is 22.8. The lowest BCUT2D eigenvalue weighted by atomic mass is 9.99. The number of para-hydroxylation sites is 1. The summed E-state index contributed by atoms with van der Waals surface area (Å²) >= 11 is 1.78. The van der Waals surface area contributed by atoms with Crippen molar-refractivity contribution in [3.63, 3.8) is 0 Å². The second kappa shape index (κ2) is 12.4. The molecule has 3 aromatic rings. The number of rotatable bonds is 12. The van der Waals surface area contributed by atoms with E-state index in [0.29, 0.717) is 6.61 Å². The fourth-order valence-corrected chi connectivity index (χ4v) is 4.76. The Balaban J connectivity index is 1.74. The number of methoxy groups -OCH3 is 1. The third-order valence-corrected chi connectivity index (χ3v) is 6.41. The third kappa shape index (κ3) is 6.46. The summed E-state index contributed by atoms with van der Waals surface area (Å²) in [7, 11) is 1.71. The maximum atomic E-state index is 6.02. The van der Waals surface area contributed by atoms with Gasteiger partial charge in [-0.3, -0.25) is 0 Å². The van der Waals surface area contributed by atoms with Gasteiger partial charge >= 0.3 is 0 Å². The van der Waals surface area contributed by atoms with Crippen molar-refractivity contribution >= 4 is 17.4 Å². The SMILES string of the molecule is CCCc1cc(OCC)c(Sc2ccc(NCc3ccccc3OC)cc2)cc1CCC. The third-order valence-electron chi connectivity index (χ3n) is 5.36. The highest BCUT2D eigenvalue weighted by atomic mass is 32.2. The number of benzene rings is 3. The molecule has 0 aliphatic heterocycles. The lowest BCUT2D eigenvalue weighted by Crippen LogP contribution is -2.01. The molecule has 0 aliphatic rings. The molecule has 0 aromatic heterocycles. The number of hydrogen-bond donors (Lipinski definition) is 1. The standard InChI is InChI=1S/C28H35NO2S/c1-5-10-21-18-27(31-7-3)28(19-22(21)11-6-2)32-25-16-14-24(15-17-25)29-20-23-12-8-9-13-26(23)30-4/h8-9,12-19,29H,5-7,10-11,20H2,1-4H3. The van der Waals surface area contributed by atoms with E-state index in [-0.39, 0.29) is 0 Å². The first-order valence-corrected chi connectivity index (χ1v) is 12.4. The van der Waals surface area contributed by atoms with Gasteiger partial charge < -0.3 is 14.8 Å². The smallest absolute Gasteiger partial charge is 0.133 e. The number of nitrogens with one attached hydrogen (secondary N) is 1. The van der Waals surface area contributed by atoms with Gasteiger partial charge in [-0.25, -0.2) is 0 Å². The van der Waals surface area contributed by atoms with Crippen molar-refractivity contribution in [3.05, 3.63) is 77.4 Å². The van der Waals surface area contributed by atoms with E-state index in [4.69, 9.17) is 9.47 Å². The molecule has 0 unspecified atom stereocenters. The van der Waals surface area contributed by atoms with Gasteiger partial charge in [0.2, 0.25) is 0 Å². The zero-order valence-electron chi connectivity index (χ0n) is 19.7. The van der Waals surface area contributed by atoms with E-state index in [1.807, 2.05) is 18.2 Å². The van der Waals surface area contributed by atoms with Crippen LogP contribution in [0.2, 0.25) is 0 Å². The average Bonchev–Trinajstić information content (AvgIpc) is 2.82. The van der Waals surface area contributed by atoms with E-state index in [2.05, 4.69) is 68.6 Å². The Morgan fingerprint density at radius 1 is 0.781 bits per heavy atom. The van der Waals surface area contributed by atoms with Gasteiger partial charge in [0, 0.05) is 22.7 Å². The van der Waals surface area contributed by atoms with E-state index in [9.17, 15) is 0 Å². The van der Waals surface area contributed by atoms with Crippen LogP contribution in [0.25, 0.3) is 0 Å². The molecule has 4 heteroatoms. The molecule has 3 aromatic carbocycles.